The molecule has 0 aliphatic carbocycles. The summed E-state index contributed by atoms with van der Waals surface area (Å²) < 4.78 is 5.65. The average Bonchev–Trinajstić information content (AvgIpc) is 2.38. The first-order valence-corrected chi connectivity index (χ1v) is 6.40. The molecule has 0 atom stereocenters. The Hall–Kier alpha value is -1.71. The summed E-state index contributed by atoms with van der Waals surface area (Å²) in [4.78, 5) is 0. The van der Waals surface area contributed by atoms with Gasteiger partial charge in [0.2, 0.25) is 0 Å². The van der Waals surface area contributed by atoms with Crippen molar-refractivity contribution < 1.29 is 9.84 Å². The highest BCUT2D eigenvalue weighted by Gasteiger charge is 2.04. The molecule has 4 heteroatoms. The maximum absolute atomic E-state index is 9.37. The second-order valence-electron chi connectivity index (χ2n) is 4.25. The summed E-state index contributed by atoms with van der Waals surface area (Å²) in [6.45, 7) is 1.14. The van der Waals surface area contributed by atoms with Crippen molar-refractivity contribution in [1.82, 2.24) is 5.32 Å². The maximum atomic E-state index is 9.37. The Kier molecular flexibility index (Phi) is 4.66. The Bertz CT molecular complexity index is 558. The quantitative estimate of drug-likeness (QED) is 0.881. The molecule has 2 aromatic rings. The number of phenolic OH excluding ortho intramolecular Hbond substituents is 1. The first-order valence-electron chi connectivity index (χ1n) is 6.03. The van der Waals surface area contributed by atoms with Crippen LogP contribution in [-0.2, 0) is 13.2 Å². The van der Waals surface area contributed by atoms with Crippen LogP contribution >= 0.6 is 11.6 Å². The lowest BCUT2D eigenvalue weighted by Gasteiger charge is -2.10. The zero-order valence-corrected chi connectivity index (χ0v) is 11.4. The summed E-state index contributed by atoms with van der Waals surface area (Å²) in [6.07, 6.45) is 0. The van der Waals surface area contributed by atoms with Gasteiger partial charge >= 0.3 is 0 Å². The van der Waals surface area contributed by atoms with Crippen LogP contribution in [0.4, 0.5) is 0 Å². The summed E-state index contributed by atoms with van der Waals surface area (Å²) in [5, 5.41) is 13.0. The molecule has 0 aromatic heterocycles. The van der Waals surface area contributed by atoms with Crippen LogP contribution in [-0.4, -0.2) is 12.2 Å². The van der Waals surface area contributed by atoms with Crippen molar-refractivity contribution in [3.05, 3.63) is 58.6 Å². The lowest BCUT2D eigenvalue weighted by molar-refractivity contribution is 0.305. The van der Waals surface area contributed by atoms with E-state index in [-0.39, 0.29) is 5.75 Å². The van der Waals surface area contributed by atoms with Crippen LogP contribution in [0.25, 0.3) is 0 Å². The van der Waals surface area contributed by atoms with Gasteiger partial charge in [-0.05, 0) is 42.4 Å². The summed E-state index contributed by atoms with van der Waals surface area (Å²) in [6, 6.07) is 12.7. The number of rotatable bonds is 5. The van der Waals surface area contributed by atoms with Gasteiger partial charge in [-0.25, -0.2) is 0 Å². The van der Waals surface area contributed by atoms with Crippen LogP contribution in [0.1, 0.15) is 11.1 Å². The lowest BCUT2D eigenvalue weighted by Crippen LogP contribution is -2.05. The van der Waals surface area contributed by atoms with Gasteiger partial charge in [0.05, 0.1) is 5.02 Å². The van der Waals surface area contributed by atoms with Crippen molar-refractivity contribution in [3.8, 4) is 11.5 Å². The van der Waals surface area contributed by atoms with Crippen LogP contribution in [0, 0.1) is 0 Å². The van der Waals surface area contributed by atoms with E-state index in [4.69, 9.17) is 16.3 Å². The smallest absolute Gasteiger partial charge is 0.138 e. The molecule has 0 unspecified atom stereocenters. The number of halogens is 1. The fourth-order valence-electron chi connectivity index (χ4n) is 1.78. The van der Waals surface area contributed by atoms with Gasteiger partial charge < -0.3 is 15.2 Å². The van der Waals surface area contributed by atoms with Crippen LogP contribution < -0.4 is 10.1 Å². The largest absolute Gasteiger partial charge is 0.508 e. The fourth-order valence-corrected chi connectivity index (χ4v) is 2.04. The van der Waals surface area contributed by atoms with E-state index in [0.717, 1.165) is 17.7 Å². The molecular weight excluding hydrogens is 262 g/mol. The zero-order valence-electron chi connectivity index (χ0n) is 10.7. The maximum Gasteiger partial charge on any atom is 0.138 e. The van der Waals surface area contributed by atoms with Gasteiger partial charge in [0.15, 0.2) is 0 Å². The second kappa shape index (κ2) is 6.45. The number of nitrogens with one attached hydrogen (secondary N) is 1. The first kappa shape index (κ1) is 13.7. The minimum atomic E-state index is 0.233. The number of phenols is 1. The Morgan fingerprint density at radius 3 is 2.68 bits per heavy atom. The van der Waals surface area contributed by atoms with E-state index in [1.165, 1.54) is 0 Å². The predicted octanol–water partition coefficient (Wildman–Crippen LogP) is 3.34. The zero-order chi connectivity index (χ0) is 13.7. The summed E-state index contributed by atoms with van der Waals surface area (Å²) in [5.74, 6) is 0.876. The number of ether oxygens (including phenoxy) is 1. The molecule has 0 bridgehead atoms. The van der Waals surface area contributed by atoms with E-state index in [0.29, 0.717) is 17.4 Å². The predicted molar refractivity (Wildman–Crippen MR) is 76.7 cm³/mol. The van der Waals surface area contributed by atoms with E-state index in [1.54, 1.807) is 18.2 Å². The molecule has 0 radical (unpaired) electrons. The topological polar surface area (TPSA) is 41.5 Å². The molecule has 100 valence electrons. The monoisotopic (exact) mass is 277 g/mol. The number of hydrogen-bond acceptors (Lipinski definition) is 3. The van der Waals surface area contributed by atoms with Gasteiger partial charge in [0.25, 0.3) is 0 Å². The third kappa shape index (κ3) is 3.88. The van der Waals surface area contributed by atoms with E-state index in [2.05, 4.69) is 5.32 Å². The van der Waals surface area contributed by atoms with Crippen molar-refractivity contribution in [2.75, 3.05) is 7.05 Å². The fraction of sp³-hybridized carbons (Fsp3) is 0.200. The Morgan fingerprint density at radius 2 is 2.00 bits per heavy atom. The van der Waals surface area contributed by atoms with Crippen molar-refractivity contribution in [2.45, 2.75) is 13.2 Å². The van der Waals surface area contributed by atoms with Gasteiger partial charge in [0, 0.05) is 6.54 Å². The van der Waals surface area contributed by atoms with Gasteiger partial charge in [0.1, 0.15) is 18.1 Å². The Labute approximate surface area is 117 Å². The van der Waals surface area contributed by atoms with Crippen molar-refractivity contribution in [3.63, 3.8) is 0 Å². The molecule has 0 amide bonds. The SMILES string of the molecule is CNCc1ccc(OCc2cccc(O)c2)c(Cl)c1. The van der Waals surface area contributed by atoms with E-state index in [1.807, 2.05) is 31.3 Å². The number of benzene rings is 2. The standard InChI is InChI=1S/C15H16ClNO2/c1-17-9-11-5-6-15(14(16)8-11)19-10-12-3-2-4-13(18)7-12/h2-8,17-18H,9-10H2,1H3. The molecule has 0 aliphatic heterocycles. The van der Waals surface area contributed by atoms with Crippen LogP contribution in [0.2, 0.25) is 5.02 Å². The van der Waals surface area contributed by atoms with Crippen molar-refractivity contribution in [1.29, 1.82) is 0 Å². The minimum absolute atomic E-state index is 0.233. The Morgan fingerprint density at radius 1 is 1.16 bits per heavy atom. The van der Waals surface area contributed by atoms with E-state index >= 15 is 0 Å². The molecular formula is C15H16ClNO2. The van der Waals surface area contributed by atoms with E-state index in [9.17, 15) is 5.11 Å². The molecule has 19 heavy (non-hydrogen) atoms. The van der Waals surface area contributed by atoms with Gasteiger partial charge in [-0.3, -0.25) is 0 Å². The second-order valence-corrected chi connectivity index (χ2v) is 4.66. The van der Waals surface area contributed by atoms with Crippen LogP contribution in [0.5, 0.6) is 11.5 Å². The average molecular weight is 278 g/mol. The third-order valence-electron chi connectivity index (χ3n) is 2.68. The lowest BCUT2D eigenvalue weighted by atomic mass is 10.2. The highest BCUT2D eigenvalue weighted by molar-refractivity contribution is 6.32. The van der Waals surface area contributed by atoms with Crippen molar-refractivity contribution >= 4 is 11.6 Å². The first-order chi connectivity index (χ1) is 9.19. The number of hydrogen-bond donors (Lipinski definition) is 2. The number of aromatic hydroxyl groups is 1. The van der Waals surface area contributed by atoms with Crippen LogP contribution in [0.3, 0.4) is 0 Å². The molecule has 3 nitrogen and oxygen atoms in total. The normalized spacial score (nSPS) is 10.4. The molecule has 2 rings (SSSR count). The van der Waals surface area contributed by atoms with Crippen molar-refractivity contribution in [2.24, 2.45) is 0 Å². The summed E-state index contributed by atoms with van der Waals surface area (Å²) in [5.41, 5.74) is 2.01. The van der Waals surface area contributed by atoms with Gasteiger partial charge in [-0.2, -0.15) is 0 Å². The van der Waals surface area contributed by atoms with Crippen LogP contribution in [0.15, 0.2) is 42.5 Å². The molecule has 0 saturated carbocycles. The molecule has 2 aromatic carbocycles. The van der Waals surface area contributed by atoms with E-state index < -0.39 is 0 Å². The highest BCUT2D eigenvalue weighted by atomic mass is 35.5. The molecule has 0 heterocycles. The summed E-state index contributed by atoms with van der Waals surface area (Å²) in [7, 11) is 1.89. The minimum Gasteiger partial charge on any atom is -0.508 e. The molecule has 0 spiro atoms. The van der Waals surface area contributed by atoms with Gasteiger partial charge in [-0.15, -0.1) is 0 Å². The highest BCUT2D eigenvalue weighted by Crippen LogP contribution is 2.26. The molecule has 2 N–H and O–H groups in total. The summed E-state index contributed by atoms with van der Waals surface area (Å²) >= 11 is 6.16. The van der Waals surface area contributed by atoms with Gasteiger partial charge in [-0.1, -0.05) is 29.8 Å². The molecule has 0 fully saturated rings. The third-order valence-corrected chi connectivity index (χ3v) is 2.98. The molecule has 0 aliphatic rings. The Balaban J connectivity index is 2.03. The molecule has 0 saturated heterocycles.